The van der Waals surface area contributed by atoms with Crippen LogP contribution in [-0.2, 0) is 6.42 Å². The fourth-order valence-corrected chi connectivity index (χ4v) is 2.25. The normalized spacial score (nSPS) is 12.6. The summed E-state index contributed by atoms with van der Waals surface area (Å²) in [6.07, 6.45) is 2.52. The third-order valence-electron chi connectivity index (χ3n) is 2.44. The van der Waals surface area contributed by atoms with Crippen LogP contribution in [0.2, 0.25) is 0 Å². The lowest BCUT2D eigenvalue weighted by Crippen LogP contribution is -2.22. The van der Waals surface area contributed by atoms with E-state index in [0.29, 0.717) is 6.04 Å². The first-order chi connectivity index (χ1) is 7.90. The summed E-state index contributed by atoms with van der Waals surface area (Å²) >= 11 is 1.47. The molecule has 0 saturated carbocycles. The number of hydrogen-bond acceptors (Lipinski definition) is 4. The van der Waals surface area contributed by atoms with Gasteiger partial charge in [-0.25, -0.2) is 4.98 Å². The van der Waals surface area contributed by atoms with E-state index in [1.165, 1.54) is 17.1 Å². The zero-order valence-corrected chi connectivity index (χ0v) is 10.1. The molecule has 16 heavy (non-hydrogen) atoms. The maximum atomic E-state index is 4.23. The summed E-state index contributed by atoms with van der Waals surface area (Å²) in [6, 6.07) is 10.8. The minimum Gasteiger partial charge on any atom is -0.310 e. The van der Waals surface area contributed by atoms with Gasteiger partial charge >= 0.3 is 0 Å². The van der Waals surface area contributed by atoms with Crippen LogP contribution in [0.1, 0.15) is 23.5 Å². The molecule has 0 fully saturated rings. The van der Waals surface area contributed by atoms with Crippen LogP contribution in [0.3, 0.4) is 0 Å². The Labute approximate surface area is 99.7 Å². The molecule has 1 aromatic heterocycles. The van der Waals surface area contributed by atoms with Crippen LogP contribution in [0.5, 0.6) is 0 Å². The van der Waals surface area contributed by atoms with E-state index < -0.39 is 0 Å². The van der Waals surface area contributed by atoms with Crippen molar-refractivity contribution in [3.63, 3.8) is 0 Å². The summed E-state index contributed by atoms with van der Waals surface area (Å²) in [6.45, 7) is 3.08. The molecule has 0 aliphatic heterocycles. The van der Waals surface area contributed by atoms with Crippen molar-refractivity contribution in [2.45, 2.75) is 19.4 Å². The van der Waals surface area contributed by atoms with E-state index in [4.69, 9.17) is 0 Å². The fourth-order valence-electron chi connectivity index (χ4n) is 1.70. The standard InChI is InChI=1S/C12H15N3S/c1-2-13-11(8-12-14-9-15-16-12)10-6-4-3-5-7-10/h3-7,9,11,13H,2,8H2,1H3. The van der Waals surface area contributed by atoms with Gasteiger partial charge in [-0.1, -0.05) is 37.3 Å². The zero-order chi connectivity index (χ0) is 11.2. The molecule has 1 atom stereocenters. The number of nitrogens with zero attached hydrogens (tertiary/aromatic N) is 2. The first kappa shape index (κ1) is 11.2. The second kappa shape index (κ2) is 5.72. The predicted molar refractivity (Wildman–Crippen MR) is 66.5 cm³/mol. The molecule has 1 unspecified atom stereocenters. The lowest BCUT2D eigenvalue weighted by molar-refractivity contribution is 0.548. The second-order valence-electron chi connectivity index (χ2n) is 3.56. The molecule has 4 heteroatoms. The highest BCUT2D eigenvalue weighted by Crippen LogP contribution is 2.18. The van der Waals surface area contributed by atoms with E-state index in [9.17, 15) is 0 Å². The third kappa shape index (κ3) is 2.87. The van der Waals surface area contributed by atoms with Crippen molar-refractivity contribution in [3.8, 4) is 0 Å². The zero-order valence-electron chi connectivity index (χ0n) is 9.26. The van der Waals surface area contributed by atoms with Crippen LogP contribution in [-0.4, -0.2) is 15.9 Å². The molecule has 0 spiro atoms. The van der Waals surface area contributed by atoms with E-state index in [2.05, 4.69) is 45.9 Å². The Morgan fingerprint density at radius 2 is 2.12 bits per heavy atom. The number of benzene rings is 1. The SMILES string of the molecule is CCNC(Cc1ncns1)c1ccccc1. The van der Waals surface area contributed by atoms with Crippen LogP contribution < -0.4 is 5.32 Å². The number of nitrogens with one attached hydrogen (secondary N) is 1. The van der Waals surface area contributed by atoms with Crippen molar-refractivity contribution in [3.05, 3.63) is 47.2 Å². The van der Waals surface area contributed by atoms with Crippen molar-refractivity contribution in [1.82, 2.24) is 14.7 Å². The van der Waals surface area contributed by atoms with Crippen molar-refractivity contribution in [1.29, 1.82) is 0 Å². The van der Waals surface area contributed by atoms with Crippen LogP contribution in [0, 0.1) is 0 Å². The fraction of sp³-hybridized carbons (Fsp3) is 0.333. The van der Waals surface area contributed by atoms with Crippen molar-refractivity contribution >= 4 is 11.5 Å². The maximum Gasteiger partial charge on any atom is 0.129 e. The molecule has 84 valence electrons. The van der Waals surface area contributed by atoms with Gasteiger partial charge in [-0.2, -0.15) is 4.37 Å². The molecule has 0 amide bonds. The molecule has 0 saturated heterocycles. The van der Waals surface area contributed by atoms with E-state index in [1.807, 2.05) is 6.07 Å². The predicted octanol–water partition coefficient (Wildman–Crippen LogP) is 2.43. The molecule has 0 aliphatic rings. The largest absolute Gasteiger partial charge is 0.310 e. The molecule has 0 bridgehead atoms. The maximum absolute atomic E-state index is 4.23. The summed E-state index contributed by atoms with van der Waals surface area (Å²) < 4.78 is 4.03. The van der Waals surface area contributed by atoms with E-state index in [-0.39, 0.29) is 0 Å². The van der Waals surface area contributed by atoms with Gasteiger partial charge in [0.1, 0.15) is 11.3 Å². The van der Waals surface area contributed by atoms with Crippen LogP contribution in [0.15, 0.2) is 36.7 Å². The van der Waals surface area contributed by atoms with Gasteiger partial charge < -0.3 is 5.32 Å². The van der Waals surface area contributed by atoms with Gasteiger partial charge in [-0.3, -0.25) is 0 Å². The topological polar surface area (TPSA) is 37.8 Å². The summed E-state index contributed by atoms with van der Waals surface area (Å²) in [4.78, 5) is 4.23. The Hall–Kier alpha value is -1.26. The highest BCUT2D eigenvalue weighted by molar-refractivity contribution is 7.05. The molecule has 1 N–H and O–H groups in total. The summed E-state index contributed by atoms with van der Waals surface area (Å²) in [5, 5.41) is 4.55. The van der Waals surface area contributed by atoms with Gasteiger partial charge in [0.2, 0.25) is 0 Å². The molecule has 2 aromatic rings. The molecular weight excluding hydrogens is 218 g/mol. The number of likely N-dealkylation sites (N-methyl/N-ethyl adjacent to an activating group) is 1. The Bertz CT molecular complexity index is 399. The van der Waals surface area contributed by atoms with Crippen LogP contribution >= 0.6 is 11.5 Å². The van der Waals surface area contributed by atoms with Gasteiger partial charge in [-0.15, -0.1) is 0 Å². The van der Waals surface area contributed by atoms with Crippen LogP contribution in [0.4, 0.5) is 0 Å². The average molecular weight is 233 g/mol. The Kier molecular flexibility index (Phi) is 4.02. The molecular formula is C12H15N3S. The monoisotopic (exact) mass is 233 g/mol. The van der Waals surface area contributed by atoms with Crippen molar-refractivity contribution < 1.29 is 0 Å². The third-order valence-corrected chi connectivity index (χ3v) is 3.12. The first-order valence-corrected chi connectivity index (χ1v) is 6.21. The van der Waals surface area contributed by atoms with Gasteiger partial charge in [0.05, 0.1) is 0 Å². The average Bonchev–Trinajstić information content (AvgIpc) is 2.83. The molecule has 3 nitrogen and oxygen atoms in total. The minimum atomic E-state index is 0.333. The van der Waals surface area contributed by atoms with E-state index in [1.54, 1.807) is 6.33 Å². The quantitative estimate of drug-likeness (QED) is 0.862. The van der Waals surface area contributed by atoms with Crippen LogP contribution in [0.25, 0.3) is 0 Å². The van der Waals surface area contributed by atoms with Crippen molar-refractivity contribution in [2.75, 3.05) is 6.54 Å². The van der Waals surface area contributed by atoms with Crippen molar-refractivity contribution in [2.24, 2.45) is 0 Å². The number of hydrogen-bond donors (Lipinski definition) is 1. The lowest BCUT2D eigenvalue weighted by atomic mass is 10.0. The molecule has 0 radical (unpaired) electrons. The van der Waals surface area contributed by atoms with E-state index in [0.717, 1.165) is 18.0 Å². The Morgan fingerprint density at radius 3 is 2.75 bits per heavy atom. The lowest BCUT2D eigenvalue weighted by Gasteiger charge is -2.16. The Morgan fingerprint density at radius 1 is 1.31 bits per heavy atom. The summed E-state index contributed by atoms with van der Waals surface area (Å²) in [7, 11) is 0. The molecule has 0 aliphatic carbocycles. The molecule has 1 aromatic carbocycles. The summed E-state index contributed by atoms with van der Waals surface area (Å²) in [5.74, 6) is 0. The minimum absolute atomic E-state index is 0.333. The van der Waals surface area contributed by atoms with Gasteiger partial charge in [0.15, 0.2) is 0 Å². The van der Waals surface area contributed by atoms with Gasteiger partial charge in [0, 0.05) is 12.5 Å². The smallest absolute Gasteiger partial charge is 0.129 e. The second-order valence-corrected chi connectivity index (χ2v) is 4.42. The molecule has 1 heterocycles. The van der Waals surface area contributed by atoms with Gasteiger partial charge in [0.25, 0.3) is 0 Å². The highest BCUT2D eigenvalue weighted by atomic mass is 32.1. The highest BCUT2D eigenvalue weighted by Gasteiger charge is 2.12. The van der Waals surface area contributed by atoms with Gasteiger partial charge in [-0.05, 0) is 23.6 Å². The summed E-state index contributed by atoms with van der Waals surface area (Å²) in [5.41, 5.74) is 1.31. The number of aromatic nitrogens is 2. The first-order valence-electron chi connectivity index (χ1n) is 5.44. The number of rotatable bonds is 5. The molecule has 2 rings (SSSR count). The Balaban J connectivity index is 2.11. The van der Waals surface area contributed by atoms with E-state index >= 15 is 0 Å².